The Labute approximate surface area is 164 Å². The average Bonchev–Trinajstić information content (AvgIpc) is 3.03. The molecule has 1 atom stereocenters. The number of nitrogens with one attached hydrogen (secondary N) is 1. The summed E-state index contributed by atoms with van der Waals surface area (Å²) in [5.41, 5.74) is 0.167. The van der Waals surface area contributed by atoms with Crippen LogP contribution >= 0.6 is 0 Å². The van der Waals surface area contributed by atoms with E-state index in [9.17, 15) is 4.79 Å². The van der Waals surface area contributed by atoms with Gasteiger partial charge >= 0.3 is 6.09 Å². The third-order valence-electron chi connectivity index (χ3n) is 6.37. The molecule has 6 nitrogen and oxygen atoms in total. The summed E-state index contributed by atoms with van der Waals surface area (Å²) in [4.78, 5) is 21.1. The first kappa shape index (κ1) is 20.3. The van der Waals surface area contributed by atoms with Crippen LogP contribution in [0.15, 0.2) is 4.99 Å². The first-order valence-electron chi connectivity index (χ1n) is 10.7. The maximum absolute atomic E-state index is 12.3. The molecule has 27 heavy (non-hydrogen) atoms. The number of aliphatic imine (C=N–C) groups is 1. The zero-order valence-corrected chi connectivity index (χ0v) is 17.7. The normalized spacial score (nSPS) is 25.5. The summed E-state index contributed by atoms with van der Waals surface area (Å²) >= 11 is 0. The lowest BCUT2D eigenvalue weighted by Crippen LogP contribution is -2.45. The van der Waals surface area contributed by atoms with Gasteiger partial charge in [0, 0.05) is 39.8 Å². The maximum atomic E-state index is 12.3. The van der Waals surface area contributed by atoms with Gasteiger partial charge in [0.15, 0.2) is 5.96 Å². The van der Waals surface area contributed by atoms with Gasteiger partial charge in [-0.15, -0.1) is 0 Å². The van der Waals surface area contributed by atoms with Crippen LogP contribution in [-0.4, -0.2) is 67.2 Å². The SMILES string of the molecule is CN=C(NCCC1CCCN(C(=O)OC(C)(C)C)C1)N1CCC2(CCC2)C1. The standard InChI is InChI=1S/C21H38N4O2/c1-20(2,3)27-19(26)24-13-5-7-17(15-24)8-12-23-18(22-4)25-14-11-21(16-25)9-6-10-21/h17H,5-16H2,1-4H3,(H,22,23). The highest BCUT2D eigenvalue weighted by Crippen LogP contribution is 2.47. The molecular formula is C21H38N4O2. The van der Waals surface area contributed by atoms with E-state index in [-0.39, 0.29) is 6.09 Å². The summed E-state index contributed by atoms with van der Waals surface area (Å²) < 4.78 is 5.53. The van der Waals surface area contributed by atoms with E-state index in [0.29, 0.717) is 11.3 Å². The molecule has 3 fully saturated rings. The Hall–Kier alpha value is -1.46. The minimum atomic E-state index is -0.425. The third-order valence-corrected chi connectivity index (χ3v) is 6.37. The molecule has 1 amide bonds. The van der Waals surface area contributed by atoms with Crippen molar-refractivity contribution in [2.24, 2.45) is 16.3 Å². The van der Waals surface area contributed by atoms with Crippen molar-refractivity contribution in [3.8, 4) is 0 Å². The highest BCUT2D eigenvalue weighted by molar-refractivity contribution is 5.80. The van der Waals surface area contributed by atoms with Gasteiger partial charge in [0.1, 0.15) is 5.60 Å². The molecule has 1 unspecified atom stereocenters. The van der Waals surface area contributed by atoms with Crippen LogP contribution in [-0.2, 0) is 4.74 Å². The molecule has 154 valence electrons. The van der Waals surface area contributed by atoms with Crippen LogP contribution in [0, 0.1) is 11.3 Å². The molecule has 2 aliphatic heterocycles. The number of piperidine rings is 1. The van der Waals surface area contributed by atoms with Crippen molar-refractivity contribution in [1.29, 1.82) is 0 Å². The van der Waals surface area contributed by atoms with Crippen LogP contribution in [0.2, 0.25) is 0 Å². The number of ether oxygens (including phenoxy) is 1. The summed E-state index contributed by atoms with van der Waals surface area (Å²) in [5.74, 6) is 1.59. The van der Waals surface area contributed by atoms with Crippen molar-refractivity contribution >= 4 is 12.1 Å². The molecule has 1 aliphatic carbocycles. The van der Waals surface area contributed by atoms with E-state index in [0.717, 1.165) is 45.0 Å². The summed E-state index contributed by atoms with van der Waals surface area (Å²) in [7, 11) is 1.89. The maximum Gasteiger partial charge on any atom is 0.410 e. The molecule has 0 aromatic rings. The van der Waals surface area contributed by atoms with E-state index in [1.54, 1.807) is 0 Å². The lowest BCUT2D eigenvalue weighted by Gasteiger charge is -2.38. The van der Waals surface area contributed by atoms with Crippen LogP contribution < -0.4 is 5.32 Å². The summed E-state index contributed by atoms with van der Waals surface area (Å²) in [6.07, 6.45) is 8.65. The Morgan fingerprint density at radius 2 is 1.96 bits per heavy atom. The van der Waals surface area contributed by atoms with E-state index in [4.69, 9.17) is 4.74 Å². The molecule has 2 saturated heterocycles. The van der Waals surface area contributed by atoms with Gasteiger partial charge in [-0.25, -0.2) is 4.79 Å². The molecule has 1 N–H and O–H groups in total. The number of guanidine groups is 1. The lowest BCUT2D eigenvalue weighted by molar-refractivity contribution is 0.0162. The number of nitrogens with zero attached hydrogens (tertiary/aromatic N) is 3. The van der Waals surface area contributed by atoms with Gasteiger partial charge in [-0.3, -0.25) is 4.99 Å². The fourth-order valence-electron chi connectivity index (χ4n) is 4.71. The minimum Gasteiger partial charge on any atom is -0.444 e. The molecule has 0 aromatic heterocycles. The van der Waals surface area contributed by atoms with Crippen molar-refractivity contribution in [1.82, 2.24) is 15.1 Å². The average molecular weight is 379 g/mol. The lowest BCUT2D eigenvalue weighted by atomic mass is 9.68. The molecule has 3 aliphatic rings. The quantitative estimate of drug-likeness (QED) is 0.603. The molecule has 2 heterocycles. The fraction of sp³-hybridized carbons (Fsp3) is 0.905. The van der Waals surface area contributed by atoms with Crippen molar-refractivity contribution in [3.05, 3.63) is 0 Å². The Morgan fingerprint density at radius 1 is 1.19 bits per heavy atom. The minimum absolute atomic E-state index is 0.168. The van der Waals surface area contributed by atoms with Crippen LogP contribution in [0.25, 0.3) is 0 Å². The zero-order chi connectivity index (χ0) is 19.5. The second-order valence-corrected chi connectivity index (χ2v) is 9.72. The van der Waals surface area contributed by atoms with E-state index in [2.05, 4.69) is 15.2 Å². The first-order valence-corrected chi connectivity index (χ1v) is 10.7. The molecule has 0 bridgehead atoms. The second-order valence-electron chi connectivity index (χ2n) is 9.72. The Balaban J connectivity index is 1.41. The number of carbonyl (C=O) groups is 1. The Bertz CT molecular complexity index is 551. The Kier molecular flexibility index (Phi) is 6.21. The van der Waals surface area contributed by atoms with E-state index in [1.165, 1.54) is 38.6 Å². The number of hydrogen-bond acceptors (Lipinski definition) is 3. The summed E-state index contributed by atoms with van der Waals surface area (Å²) in [6.45, 7) is 10.6. The highest BCUT2D eigenvalue weighted by atomic mass is 16.6. The van der Waals surface area contributed by atoms with Crippen LogP contribution in [0.5, 0.6) is 0 Å². The number of amides is 1. The molecule has 0 aromatic carbocycles. The summed E-state index contributed by atoms with van der Waals surface area (Å²) in [6, 6.07) is 0. The molecule has 1 saturated carbocycles. The second kappa shape index (κ2) is 8.27. The van der Waals surface area contributed by atoms with Crippen LogP contribution in [0.4, 0.5) is 4.79 Å². The monoisotopic (exact) mass is 378 g/mol. The molecule has 1 spiro atoms. The van der Waals surface area contributed by atoms with Gasteiger partial charge in [-0.2, -0.15) is 0 Å². The van der Waals surface area contributed by atoms with Crippen molar-refractivity contribution in [2.75, 3.05) is 39.8 Å². The van der Waals surface area contributed by atoms with E-state index < -0.39 is 5.60 Å². The molecule has 0 radical (unpaired) electrons. The smallest absolute Gasteiger partial charge is 0.410 e. The van der Waals surface area contributed by atoms with Gasteiger partial charge in [0.25, 0.3) is 0 Å². The fourth-order valence-corrected chi connectivity index (χ4v) is 4.71. The first-order chi connectivity index (χ1) is 12.8. The highest BCUT2D eigenvalue weighted by Gasteiger charge is 2.43. The van der Waals surface area contributed by atoms with Crippen molar-refractivity contribution in [3.63, 3.8) is 0 Å². The van der Waals surface area contributed by atoms with Crippen molar-refractivity contribution < 1.29 is 9.53 Å². The number of carbonyl (C=O) groups excluding carboxylic acids is 1. The van der Waals surface area contributed by atoms with Crippen molar-refractivity contribution in [2.45, 2.75) is 71.3 Å². The molecular weight excluding hydrogens is 340 g/mol. The van der Waals surface area contributed by atoms with Gasteiger partial charge in [-0.1, -0.05) is 6.42 Å². The number of rotatable bonds is 3. The van der Waals surface area contributed by atoms with Gasteiger partial charge < -0.3 is 19.9 Å². The van der Waals surface area contributed by atoms with E-state index >= 15 is 0 Å². The topological polar surface area (TPSA) is 57.2 Å². The van der Waals surface area contributed by atoms with Crippen LogP contribution in [0.3, 0.4) is 0 Å². The third kappa shape index (κ3) is 5.29. The van der Waals surface area contributed by atoms with Gasteiger partial charge in [-0.05, 0) is 70.6 Å². The number of hydrogen-bond donors (Lipinski definition) is 1. The molecule has 3 rings (SSSR count). The predicted molar refractivity (Wildman–Crippen MR) is 109 cm³/mol. The number of likely N-dealkylation sites (tertiary alicyclic amines) is 2. The van der Waals surface area contributed by atoms with Gasteiger partial charge in [0.05, 0.1) is 0 Å². The molecule has 6 heteroatoms. The Morgan fingerprint density at radius 3 is 2.56 bits per heavy atom. The van der Waals surface area contributed by atoms with E-state index in [1.807, 2.05) is 32.7 Å². The largest absolute Gasteiger partial charge is 0.444 e. The summed E-state index contributed by atoms with van der Waals surface area (Å²) in [5, 5.41) is 3.57. The van der Waals surface area contributed by atoms with Crippen LogP contribution in [0.1, 0.15) is 65.7 Å². The van der Waals surface area contributed by atoms with Gasteiger partial charge in [0.2, 0.25) is 0 Å². The zero-order valence-electron chi connectivity index (χ0n) is 17.7. The predicted octanol–water partition coefficient (Wildman–Crippen LogP) is 3.48.